The van der Waals surface area contributed by atoms with E-state index in [-0.39, 0.29) is 6.61 Å². The van der Waals surface area contributed by atoms with E-state index in [4.69, 9.17) is 9.84 Å². The van der Waals surface area contributed by atoms with Crippen LogP contribution in [0.4, 0.5) is 0 Å². The summed E-state index contributed by atoms with van der Waals surface area (Å²) >= 11 is 3.53. The molecule has 0 bridgehead atoms. The Kier molecular flexibility index (Phi) is 5.59. The molecule has 2 N–H and O–H groups in total. The molecular formula is C16H18BrNO2. The fourth-order valence-corrected chi connectivity index (χ4v) is 2.35. The summed E-state index contributed by atoms with van der Waals surface area (Å²) < 4.78 is 6.75. The Balaban J connectivity index is 2.12. The molecule has 3 nitrogen and oxygen atoms in total. The number of halogens is 1. The molecule has 0 fully saturated rings. The largest absolute Gasteiger partial charge is 0.456 e. The lowest BCUT2D eigenvalue weighted by atomic mass is 10.2. The van der Waals surface area contributed by atoms with Crippen molar-refractivity contribution in [1.29, 1.82) is 0 Å². The van der Waals surface area contributed by atoms with E-state index >= 15 is 0 Å². The third kappa shape index (κ3) is 4.07. The van der Waals surface area contributed by atoms with E-state index in [1.54, 1.807) is 0 Å². The molecule has 4 heteroatoms. The lowest BCUT2D eigenvalue weighted by Gasteiger charge is -2.10. The highest BCUT2D eigenvalue weighted by Gasteiger charge is 2.05. The average molecular weight is 336 g/mol. The molecule has 2 aromatic rings. The van der Waals surface area contributed by atoms with Crippen molar-refractivity contribution < 1.29 is 9.84 Å². The van der Waals surface area contributed by atoms with E-state index in [9.17, 15) is 0 Å². The lowest BCUT2D eigenvalue weighted by Crippen LogP contribution is -2.11. The molecule has 0 unspecified atom stereocenters. The van der Waals surface area contributed by atoms with Crippen LogP contribution in [0.3, 0.4) is 0 Å². The Morgan fingerprint density at radius 3 is 2.70 bits per heavy atom. The first-order valence-electron chi connectivity index (χ1n) is 6.59. The number of benzene rings is 2. The quantitative estimate of drug-likeness (QED) is 0.842. The minimum absolute atomic E-state index is 0.0139. The van der Waals surface area contributed by atoms with Crippen molar-refractivity contribution in [3.63, 3.8) is 0 Å². The van der Waals surface area contributed by atoms with Crippen LogP contribution in [0.5, 0.6) is 11.5 Å². The van der Waals surface area contributed by atoms with Crippen molar-refractivity contribution in [3.8, 4) is 11.5 Å². The molecule has 0 radical (unpaired) electrons. The van der Waals surface area contributed by atoms with Crippen LogP contribution in [0, 0.1) is 0 Å². The van der Waals surface area contributed by atoms with Gasteiger partial charge in [-0.3, -0.25) is 0 Å². The zero-order chi connectivity index (χ0) is 14.4. The van der Waals surface area contributed by atoms with Crippen LogP contribution in [0.25, 0.3) is 0 Å². The second-order valence-corrected chi connectivity index (χ2v) is 5.31. The molecule has 0 atom stereocenters. The Morgan fingerprint density at radius 1 is 1.15 bits per heavy atom. The van der Waals surface area contributed by atoms with Crippen LogP contribution in [-0.4, -0.2) is 11.7 Å². The molecule has 0 amide bonds. The smallest absolute Gasteiger partial charge is 0.141 e. The first-order valence-corrected chi connectivity index (χ1v) is 7.39. The van der Waals surface area contributed by atoms with Crippen molar-refractivity contribution in [2.75, 3.05) is 6.54 Å². The van der Waals surface area contributed by atoms with Crippen molar-refractivity contribution in [2.45, 2.75) is 20.1 Å². The highest BCUT2D eigenvalue weighted by Crippen LogP contribution is 2.30. The van der Waals surface area contributed by atoms with Gasteiger partial charge >= 0.3 is 0 Å². The molecule has 20 heavy (non-hydrogen) atoms. The number of aliphatic hydroxyl groups excluding tert-OH is 1. The minimum atomic E-state index is 0.0139. The van der Waals surface area contributed by atoms with E-state index in [0.717, 1.165) is 34.6 Å². The molecular weight excluding hydrogens is 318 g/mol. The predicted molar refractivity (Wildman–Crippen MR) is 84.0 cm³/mol. The molecule has 0 saturated heterocycles. The first-order chi connectivity index (χ1) is 9.72. The number of ether oxygens (including phenoxy) is 1. The average Bonchev–Trinajstić information content (AvgIpc) is 2.48. The summed E-state index contributed by atoms with van der Waals surface area (Å²) in [7, 11) is 0. The van der Waals surface area contributed by atoms with Gasteiger partial charge in [0.25, 0.3) is 0 Å². The van der Waals surface area contributed by atoms with Gasteiger partial charge in [0.15, 0.2) is 0 Å². The third-order valence-electron chi connectivity index (χ3n) is 2.88. The van der Waals surface area contributed by atoms with Gasteiger partial charge in [-0.15, -0.1) is 0 Å². The molecule has 2 aromatic carbocycles. The molecule has 0 heterocycles. The number of aliphatic hydroxyl groups is 1. The zero-order valence-corrected chi connectivity index (χ0v) is 13.0. The molecule has 0 aliphatic rings. The molecule has 2 rings (SSSR count). The Morgan fingerprint density at radius 2 is 2.00 bits per heavy atom. The van der Waals surface area contributed by atoms with E-state index in [1.807, 2.05) is 42.5 Å². The molecule has 0 aliphatic heterocycles. The van der Waals surface area contributed by atoms with Gasteiger partial charge in [-0.2, -0.15) is 0 Å². The standard InChI is InChI=1S/C16H18BrNO2/c1-2-18-10-12-6-7-16(15(17)9-12)20-14-5-3-4-13(8-14)11-19/h3-9,18-19H,2,10-11H2,1H3. The maximum Gasteiger partial charge on any atom is 0.141 e. The number of hydrogen-bond donors (Lipinski definition) is 2. The van der Waals surface area contributed by atoms with Gasteiger partial charge in [0.2, 0.25) is 0 Å². The molecule has 106 valence electrons. The summed E-state index contributed by atoms with van der Waals surface area (Å²) in [6.07, 6.45) is 0. The van der Waals surface area contributed by atoms with Gasteiger partial charge in [-0.25, -0.2) is 0 Å². The van der Waals surface area contributed by atoms with Gasteiger partial charge in [-0.1, -0.05) is 25.1 Å². The van der Waals surface area contributed by atoms with Gasteiger partial charge in [0, 0.05) is 6.54 Å². The summed E-state index contributed by atoms with van der Waals surface area (Å²) in [5.41, 5.74) is 2.04. The van der Waals surface area contributed by atoms with E-state index < -0.39 is 0 Å². The third-order valence-corrected chi connectivity index (χ3v) is 3.50. The SMILES string of the molecule is CCNCc1ccc(Oc2cccc(CO)c2)c(Br)c1. The number of nitrogens with one attached hydrogen (secondary N) is 1. The van der Waals surface area contributed by atoms with Gasteiger partial charge in [-0.05, 0) is 57.9 Å². The van der Waals surface area contributed by atoms with Crippen LogP contribution in [0.1, 0.15) is 18.1 Å². The van der Waals surface area contributed by atoms with E-state index in [1.165, 1.54) is 5.56 Å². The highest BCUT2D eigenvalue weighted by molar-refractivity contribution is 9.10. The summed E-state index contributed by atoms with van der Waals surface area (Å²) in [4.78, 5) is 0. The second kappa shape index (κ2) is 7.43. The summed E-state index contributed by atoms with van der Waals surface area (Å²) in [5.74, 6) is 1.48. The molecule has 0 saturated carbocycles. The van der Waals surface area contributed by atoms with Crippen LogP contribution >= 0.6 is 15.9 Å². The molecule has 0 aromatic heterocycles. The van der Waals surface area contributed by atoms with Gasteiger partial charge in [0.05, 0.1) is 11.1 Å². The highest BCUT2D eigenvalue weighted by atomic mass is 79.9. The topological polar surface area (TPSA) is 41.5 Å². The Labute approximate surface area is 127 Å². The van der Waals surface area contributed by atoms with Gasteiger partial charge < -0.3 is 15.2 Å². The maximum absolute atomic E-state index is 9.13. The normalized spacial score (nSPS) is 10.6. The molecule has 0 spiro atoms. The first kappa shape index (κ1) is 15.0. The number of rotatable bonds is 6. The molecule has 0 aliphatic carbocycles. The lowest BCUT2D eigenvalue weighted by molar-refractivity contribution is 0.281. The van der Waals surface area contributed by atoms with Crippen molar-refractivity contribution in [2.24, 2.45) is 0 Å². The van der Waals surface area contributed by atoms with Crippen LogP contribution in [-0.2, 0) is 13.2 Å². The van der Waals surface area contributed by atoms with Crippen molar-refractivity contribution in [1.82, 2.24) is 5.32 Å². The summed E-state index contributed by atoms with van der Waals surface area (Å²) in [6, 6.07) is 13.5. The maximum atomic E-state index is 9.13. The predicted octanol–water partition coefficient (Wildman–Crippen LogP) is 3.84. The van der Waals surface area contributed by atoms with E-state index in [0.29, 0.717) is 0 Å². The van der Waals surface area contributed by atoms with E-state index in [2.05, 4.69) is 28.2 Å². The van der Waals surface area contributed by atoms with Crippen LogP contribution < -0.4 is 10.1 Å². The second-order valence-electron chi connectivity index (χ2n) is 4.45. The van der Waals surface area contributed by atoms with Gasteiger partial charge in [0.1, 0.15) is 11.5 Å². The fraction of sp³-hybridized carbons (Fsp3) is 0.250. The van der Waals surface area contributed by atoms with Crippen molar-refractivity contribution in [3.05, 3.63) is 58.1 Å². The fourth-order valence-electron chi connectivity index (χ4n) is 1.84. The summed E-state index contributed by atoms with van der Waals surface area (Å²) in [6.45, 7) is 3.89. The van der Waals surface area contributed by atoms with Crippen molar-refractivity contribution >= 4 is 15.9 Å². The Hall–Kier alpha value is -1.36. The minimum Gasteiger partial charge on any atom is -0.456 e. The van der Waals surface area contributed by atoms with Crippen LogP contribution in [0.15, 0.2) is 46.9 Å². The monoisotopic (exact) mass is 335 g/mol. The van der Waals surface area contributed by atoms with Crippen LogP contribution in [0.2, 0.25) is 0 Å². The number of hydrogen-bond acceptors (Lipinski definition) is 3. The summed E-state index contributed by atoms with van der Waals surface area (Å²) in [5, 5.41) is 12.4. The zero-order valence-electron chi connectivity index (χ0n) is 11.4. The Bertz CT molecular complexity index is 572.